The second-order valence-electron chi connectivity index (χ2n) is 4.24. The molecule has 0 bridgehead atoms. The number of hydrogen-bond acceptors (Lipinski definition) is 4. The van der Waals surface area contributed by atoms with E-state index in [9.17, 15) is 19.7 Å². The van der Waals surface area contributed by atoms with Crippen LogP contribution in [0.1, 0.15) is 28.4 Å². The van der Waals surface area contributed by atoms with Crippen molar-refractivity contribution in [3.05, 3.63) is 38.9 Å². The Morgan fingerprint density at radius 3 is 2.37 bits per heavy atom. The van der Waals surface area contributed by atoms with E-state index in [0.29, 0.717) is 11.1 Å². The Hall–Kier alpha value is -2.44. The van der Waals surface area contributed by atoms with Crippen LogP contribution in [0.15, 0.2) is 12.1 Å². The minimum atomic E-state index is -1.17. The Bertz CT molecular complexity index is 553. The van der Waals surface area contributed by atoms with Crippen molar-refractivity contribution in [1.29, 1.82) is 0 Å². The molecule has 0 aromatic heterocycles. The molecule has 0 unspecified atom stereocenters. The van der Waals surface area contributed by atoms with Crippen molar-refractivity contribution in [2.75, 3.05) is 0 Å². The van der Waals surface area contributed by atoms with Gasteiger partial charge in [-0.25, -0.2) is 0 Å². The number of aliphatic carboxylic acids is 1. The van der Waals surface area contributed by atoms with Crippen molar-refractivity contribution < 1.29 is 19.6 Å². The predicted octanol–water partition coefficient (Wildman–Crippen LogP) is 1.41. The zero-order chi connectivity index (χ0) is 14.7. The van der Waals surface area contributed by atoms with Crippen molar-refractivity contribution in [1.82, 2.24) is 5.32 Å². The highest BCUT2D eigenvalue weighted by molar-refractivity contribution is 5.98. The molecule has 0 aliphatic carbocycles. The van der Waals surface area contributed by atoms with Gasteiger partial charge in [-0.1, -0.05) is 0 Å². The standard InChI is InChI=1S/C12H14N2O5/c1-6-4-7(2)10(14(18)19)5-9(6)11(15)13-8(3)12(16)17/h4-5,8H,1-3H3,(H,13,15)(H,16,17)/t8-/m1/s1. The van der Waals surface area contributed by atoms with Gasteiger partial charge < -0.3 is 10.4 Å². The van der Waals surface area contributed by atoms with Crippen LogP contribution in [-0.2, 0) is 4.79 Å². The van der Waals surface area contributed by atoms with Crippen LogP contribution in [-0.4, -0.2) is 27.9 Å². The molecule has 0 spiro atoms. The van der Waals surface area contributed by atoms with Gasteiger partial charge in [0, 0.05) is 17.2 Å². The SMILES string of the molecule is Cc1cc(C)c([N+](=O)[O-])cc1C(=O)N[C@H](C)C(=O)O. The predicted molar refractivity (Wildman–Crippen MR) is 67.1 cm³/mol. The number of nitro benzene ring substituents is 1. The summed E-state index contributed by atoms with van der Waals surface area (Å²) in [5.41, 5.74) is 0.938. The Labute approximate surface area is 109 Å². The average Bonchev–Trinajstić information content (AvgIpc) is 2.27. The molecule has 19 heavy (non-hydrogen) atoms. The van der Waals surface area contributed by atoms with Gasteiger partial charge in [0.25, 0.3) is 11.6 Å². The minimum absolute atomic E-state index is 0.102. The molecule has 0 heterocycles. The first-order chi connectivity index (χ1) is 8.73. The van der Waals surface area contributed by atoms with Crippen molar-refractivity contribution in [2.24, 2.45) is 0 Å². The van der Waals surface area contributed by atoms with Crippen LogP contribution in [0.5, 0.6) is 0 Å². The first-order valence-electron chi connectivity index (χ1n) is 5.53. The molecule has 0 aliphatic rings. The first-order valence-corrected chi connectivity index (χ1v) is 5.53. The van der Waals surface area contributed by atoms with E-state index in [4.69, 9.17) is 5.11 Å². The highest BCUT2D eigenvalue weighted by Crippen LogP contribution is 2.22. The van der Waals surface area contributed by atoms with Crippen molar-refractivity contribution in [3.8, 4) is 0 Å². The van der Waals surface area contributed by atoms with Crippen molar-refractivity contribution in [2.45, 2.75) is 26.8 Å². The molecule has 7 heteroatoms. The lowest BCUT2D eigenvalue weighted by atomic mass is 10.0. The molecule has 102 valence electrons. The summed E-state index contributed by atoms with van der Waals surface area (Å²) in [5, 5.41) is 21.8. The zero-order valence-corrected chi connectivity index (χ0v) is 10.8. The highest BCUT2D eigenvalue weighted by atomic mass is 16.6. The third-order valence-electron chi connectivity index (χ3n) is 2.70. The van der Waals surface area contributed by atoms with Gasteiger partial charge >= 0.3 is 5.97 Å². The van der Waals surface area contributed by atoms with E-state index >= 15 is 0 Å². The molecule has 2 N–H and O–H groups in total. The molecule has 1 atom stereocenters. The van der Waals surface area contributed by atoms with E-state index in [-0.39, 0.29) is 11.3 Å². The summed E-state index contributed by atoms with van der Waals surface area (Å²) in [4.78, 5) is 32.8. The highest BCUT2D eigenvalue weighted by Gasteiger charge is 2.20. The summed E-state index contributed by atoms with van der Waals surface area (Å²) in [6.45, 7) is 4.53. The molecule has 1 amide bonds. The van der Waals surface area contributed by atoms with Crippen LogP contribution >= 0.6 is 0 Å². The smallest absolute Gasteiger partial charge is 0.325 e. The number of carbonyl (C=O) groups is 2. The van der Waals surface area contributed by atoms with Crippen molar-refractivity contribution >= 4 is 17.6 Å². The molecule has 0 fully saturated rings. The summed E-state index contributed by atoms with van der Waals surface area (Å²) in [7, 11) is 0. The fraction of sp³-hybridized carbons (Fsp3) is 0.333. The molecule has 0 saturated heterocycles. The van der Waals surface area contributed by atoms with Gasteiger partial charge in [0.15, 0.2) is 0 Å². The molecule has 0 saturated carbocycles. The third-order valence-corrected chi connectivity index (χ3v) is 2.70. The number of nitro groups is 1. The Balaban J connectivity index is 3.13. The average molecular weight is 266 g/mol. The van der Waals surface area contributed by atoms with Crippen LogP contribution in [0.2, 0.25) is 0 Å². The van der Waals surface area contributed by atoms with Gasteiger partial charge in [-0.3, -0.25) is 19.7 Å². The van der Waals surface area contributed by atoms with Crippen LogP contribution in [0.3, 0.4) is 0 Å². The number of rotatable bonds is 4. The fourth-order valence-corrected chi connectivity index (χ4v) is 1.62. The summed E-state index contributed by atoms with van der Waals surface area (Å²) >= 11 is 0. The van der Waals surface area contributed by atoms with Gasteiger partial charge in [-0.05, 0) is 32.4 Å². The van der Waals surface area contributed by atoms with Gasteiger partial charge in [0.05, 0.1) is 4.92 Å². The monoisotopic (exact) mass is 266 g/mol. The number of benzene rings is 1. The molecule has 1 aromatic carbocycles. The van der Waals surface area contributed by atoms with E-state index in [1.54, 1.807) is 13.8 Å². The summed E-state index contributed by atoms with van der Waals surface area (Å²) in [6, 6.07) is 1.62. The maximum Gasteiger partial charge on any atom is 0.325 e. The van der Waals surface area contributed by atoms with E-state index in [2.05, 4.69) is 5.32 Å². The lowest BCUT2D eigenvalue weighted by Crippen LogP contribution is -2.38. The van der Waals surface area contributed by atoms with Gasteiger partial charge in [-0.2, -0.15) is 0 Å². The number of hydrogen-bond donors (Lipinski definition) is 2. The Morgan fingerprint density at radius 2 is 1.89 bits per heavy atom. The molecule has 1 rings (SSSR count). The molecule has 7 nitrogen and oxygen atoms in total. The van der Waals surface area contributed by atoms with Crippen LogP contribution in [0.25, 0.3) is 0 Å². The number of carboxylic acid groups (broad SMARTS) is 1. The number of aryl methyl sites for hydroxylation is 2. The van der Waals surface area contributed by atoms with E-state index < -0.39 is 22.8 Å². The first kappa shape index (κ1) is 14.6. The lowest BCUT2D eigenvalue weighted by Gasteiger charge is -2.11. The van der Waals surface area contributed by atoms with E-state index in [1.807, 2.05) is 0 Å². The maximum atomic E-state index is 11.9. The summed E-state index contributed by atoms with van der Waals surface area (Å²) in [6.07, 6.45) is 0. The topological polar surface area (TPSA) is 110 Å². The minimum Gasteiger partial charge on any atom is -0.480 e. The maximum absolute atomic E-state index is 11.9. The van der Waals surface area contributed by atoms with Gasteiger partial charge in [0.1, 0.15) is 6.04 Å². The van der Waals surface area contributed by atoms with Gasteiger partial charge in [-0.15, -0.1) is 0 Å². The largest absolute Gasteiger partial charge is 0.480 e. The third kappa shape index (κ3) is 3.27. The molecule has 0 radical (unpaired) electrons. The molecule has 0 aliphatic heterocycles. The fourth-order valence-electron chi connectivity index (χ4n) is 1.62. The lowest BCUT2D eigenvalue weighted by molar-refractivity contribution is -0.385. The number of nitrogens with one attached hydrogen (secondary N) is 1. The molecular formula is C12H14N2O5. The van der Waals surface area contributed by atoms with Crippen LogP contribution in [0.4, 0.5) is 5.69 Å². The van der Waals surface area contributed by atoms with Crippen LogP contribution < -0.4 is 5.32 Å². The van der Waals surface area contributed by atoms with E-state index in [0.717, 1.165) is 6.07 Å². The second-order valence-corrected chi connectivity index (χ2v) is 4.24. The summed E-state index contributed by atoms with van der Waals surface area (Å²) in [5.74, 6) is -1.82. The quantitative estimate of drug-likeness (QED) is 0.632. The number of carboxylic acids is 1. The summed E-state index contributed by atoms with van der Waals surface area (Å²) < 4.78 is 0. The van der Waals surface area contributed by atoms with Gasteiger partial charge in [0.2, 0.25) is 0 Å². The van der Waals surface area contributed by atoms with Crippen LogP contribution in [0, 0.1) is 24.0 Å². The zero-order valence-electron chi connectivity index (χ0n) is 10.8. The Kier molecular flexibility index (Phi) is 4.21. The Morgan fingerprint density at radius 1 is 1.32 bits per heavy atom. The number of carbonyl (C=O) groups excluding carboxylic acids is 1. The number of nitrogens with zero attached hydrogens (tertiary/aromatic N) is 1. The normalized spacial score (nSPS) is 11.7. The second kappa shape index (κ2) is 5.47. The number of amides is 1. The molecular weight excluding hydrogens is 252 g/mol. The van der Waals surface area contributed by atoms with Crippen molar-refractivity contribution in [3.63, 3.8) is 0 Å². The molecule has 1 aromatic rings. The van der Waals surface area contributed by atoms with E-state index in [1.165, 1.54) is 13.0 Å².